The van der Waals surface area contributed by atoms with Crippen LogP contribution in [0.25, 0.3) is 11.8 Å². The van der Waals surface area contributed by atoms with Crippen LogP contribution in [-0.4, -0.2) is 28.5 Å². The molecule has 0 spiro atoms. The molecule has 0 bridgehead atoms. The van der Waals surface area contributed by atoms with Crippen LogP contribution in [0.15, 0.2) is 53.5 Å². The van der Waals surface area contributed by atoms with Gasteiger partial charge in [0.05, 0.1) is 0 Å². The molecule has 124 valence electrons. The van der Waals surface area contributed by atoms with Crippen LogP contribution in [0.3, 0.4) is 0 Å². The summed E-state index contributed by atoms with van der Waals surface area (Å²) in [7, 11) is 0. The van der Waals surface area contributed by atoms with Crippen LogP contribution in [0, 0.1) is 6.92 Å². The Hall–Kier alpha value is -2.62. The smallest absolute Gasteiger partial charge is 0.270 e. The first kappa shape index (κ1) is 16.2. The van der Waals surface area contributed by atoms with Crippen molar-refractivity contribution in [1.82, 2.24) is 9.47 Å². The van der Waals surface area contributed by atoms with Crippen molar-refractivity contribution in [1.29, 1.82) is 0 Å². The van der Waals surface area contributed by atoms with Crippen molar-refractivity contribution in [2.45, 2.75) is 26.2 Å². The normalized spacial score (nSPS) is 15.4. The molecule has 0 N–H and O–H groups in total. The minimum atomic E-state index is -0.193. The first-order chi connectivity index (χ1) is 11.6. The summed E-state index contributed by atoms with van der Waals surface area (Å²) in [5.74, 6) is -0.0800. The number of hydrogen-bond acceptors (Lipinski definition) is 2. The van der Waals surface area contributed by atoms with Crippen LogP contribution in [0.5, 0.6) is 0 Å². The Balaban J connectivity index is 2.03. The zero-order chi connectivity index (χ0) is 16.9. The molecule has 0 aliphatic carbocycles. The number of carbonyl (C=O) groups is 1. The van der Waals surface area contributed by atoms with Crippen molar-refractivity contribution in [2.24, 2.45) is 0 Å². The number of likely N-dealkylation sites (tertiary alicyclic amines) is 1. The molecule has 1 aliphatic heterocycles. The molecule has 1 aromatic carbocycles. The van der Waals surface area contributed by atoms with Crippen molar-refractivity contribution in [3.63, 3.8) is 0 Å². The fourth-order valence-electron chi connectivity index (χ4n) is 2.94. The van der Waals surface area contributed by atoms with Gasteiger partial charge in [-0.25, -0.2) is 0 Å². The van der Waals surface area contributed by atoms with Gasteiger partial charge in [-0.2, -0.15) is 0 Å². The SMILES string of the molecule is Cc1ccc(/C=C(\C(=O)N2CCCCC2)n2ccccc2=O)cc1. The first-order valence-corrected chi connectivity index (χ1v) is 8.41. The predicted octanol–water partition coefficient (Wildman–Crippen LogP) is 3.17. The zero-order valence-electron chi connectivity index (χ0n) is 13.9. The van der Waals surface area contributed by atoms with Crippen molar-refractivity contribution < 1.29 is 4.79 Å². The average Bonchev–Trinajstić information content (AvgIpc) is 2.62. The number of benzene rings is 1. The summed E-state index contributed by atoms with van der Waals surface area (Å²) in [4.78, 5) is 27.1. The predicted molar refractivity (Wildman–Crippen MR) is 96.5 cm³/mol. The number of pyridine rings is 1. The van der Waals surface area contributed by atoms with E-state index in [1.807, 2.05) is 36.1 Å². The second kappa shape index (κ2) is 7.30. The van der Waals surface area contributed by atoms with E-state index in [0.717, 1.165) is 43.5 Å². The van der Waals surface area contributed by atoms with E-state index < -0.39 is 0 Å². The van der Waals surface area contributed by atoms with Crippen molar-refractivity contribution in [2.75, 3.05) is 13.1 Å². The molecule has 4 heteroatoms. The third-order valence-corrected chi connectivity index (χ3v) is 4.33. The van der Waals surface area contributed by atoms with E-state index in [2.05, 4.69) is 0 Å². The Morgan fingerprint density at radius 2 is 1.71 bits per heavy atom. The Morgan fingerprint density at radius 1 is 1.00 bits per heavy atom. The van der Waals surface area contributed by atoms with Crippen LogP contribution >= 0.6 is 0 Å². The molecule has 0 radical (unpaired) electrons. The van der Waals surface area contributed by atoms with Gasteiger partial charge in [0.1, 0.15) is 5.70 Å². The van der Waals surface area contributed by atoms with Gasteiger partial charge in [-0.3, -0.25) is 14.2 Å². The molecule has 2 aromatic rings. The average molecular weight is 322 g/mol. The topological polar surface area (TPSA) is 42.3 Å². The quantitative estimate of drug-likeness (QED) is 0.815. The molecular weight excluding hydrogens is 300 g/mol. The number of hydrogen-bond donors (Lipinski definition) is 0. The molecule has 4 nitrogen and oxygen atoms in total. The third kappa shape index (κ3) is 3.65. The Morgan fingerprint density at radius 3 is 2.38 bits per heavy atom. The summed E-state index contributed by atoms with van der Waals surface area (Å²) < 4.78 is 1.44. The van der Waals surface area contributed by atoms with Gasteiger partial charge in [-0.05, 0) is 43.9 Å². The lowest BCUT2D eigenvalue weighted by Crippen LogP contribution is -2.38. The van der Waals surface area contributed by atoms with E-state index >= 15 is 0 Å². The highest BCUT2D eigenvalue weighted by Crippen LogP contribution is 2.17. The van der Waals surface area contributed by atoms with E-state index in [1.165, 1.54) is 10.6 Å². The van der Waals surface area contributed by atoms with E-state index in [-0.39, 0.29) is 11.5 Å². The Bertz CT molecular complexity index is 797. The van der Waals surface area contributed by atoms with Crippen LogP contribution < -0.4 is 5.56 Å². The lowest BCUT2D eigenvalue weighted by molar-refractivity contribution is -0.126. The largest absolute Gasteiger partial charge is 0.337 e. The molecule has 0 atom stereocenters. The molecule has 1 amide bonds. The molecule has 0 unspecified atom stereocenters. The van der Waals surface area contributed by atoms with Crippen LogP contribution in [0.4, 0.5) is 0 Å². The minimum absolute atomic E-state index is 0.0800. The van der Waals surface area contributed by atoms with Gasteiger partial charge < -0.3 is 4.90 Å². The van der Waals surface area contributed by atoms with Crippen LogP contribution in [-0.2, 0) is 4.79 Å². The fraction of sp³-hybridized carbons (Fsp3) is 0.300. The summed E-state index contributed by atoms with van der Waals surface area (Å²) in [6.07, 6.45) is 6.66. The number of amides is 1. The third-order valence-electron chi connectivity index (χ3n) is 4.33. The highest BCUT2D eigenvalue weighted by atomic mass is 16.2. The Labute approximate surface area is 142 Å². The lowest BCUT2D eigenvalue weighted by Gasteiger charge is -2.28. The summed E-state index contributed by atoms with van der Waals surface area (Å²) in [5.41, 5.74) is 2.29. The number of rotatable bonds is 3. The van der Waals surface area contributed by atoms with Crippen LogP contribution in [0.2, 0.25) is 0 Å². The lowest BCUT2D eigenvalue weighted by atomic mass is 10.1. The molecule has 1 fully saturated rings. The van der Waals surface area contributed by atoms with E-state index in [0.29, 0.717) is 5.70 Å². The molecular formula is C20H22N2O2. The monoisotopic (exact) mass is 322 g/mol. The second-order valence-corrected chi connectivity index (χ2v) is 6.20. The van der Waals surface area contributed by atoms with Gasteiger partial charge >= 0.3 is 0 Å². The highest BCUT2D eigenvalue weighted by Gasteiger charge is 2.22. The highest BCUT2D eigenvalue weighted by molar-refractivity contribution is 6.18. The minimum Gasteiger partial charge on any atom is -0.337 e. The van der Waals surface area contributed by atoms with E-state index in [1.54, 1.807) is 24.4 Å². The van der Waals surface area contributed by atoms with Crippen molar-refractivity contribution in [3.05, 3.63) is 70.1 Å². The number of nitrogens with zero attached hydrogens (tertiary/aromatic N) is 2. The first-order valence-electron chi connectivity index (χ1n) is 8.41. The zero-order valence-corrected chi connectivity index (χ0v) is 13.9. The van der Waals surface area contributed by atoms with Crippen LogP contribution in [0.1, 0.15) is 30.4 Å². The summed E-state index contributed by atoms with van der Waals surface area (Å²) in [6, 6.07) is 12.9. The van der Waals surface area contributed by atoms with Gasteiger partial charge in [0.15, 0.2) is 0 Å². The maximum Gasteiger partial charge on any atom is 0.270 e. The molecule has 2 heterocycles. The summed E-state index contributed by atoms with van der Waals surface area (Å²) >= 11 is 0. The maximum absolute atomic E-state index is 13.0. The van der Waals surface area contributed by atoms with Crippen molar-refractivity contribution in [3.8, 4) is 0 Å². The standard InChI is InChI=1S/C20H22N2O2/c1-16-8-10-17(11-9-16)15-18(22-14-6-3-7-19(22)23)20(24)21-12-4-2-5-13-21/h3,6-11,14-15H,2,4-5,12-13H2,1H3/b18-15+. The maximum atomic E-state index is 13.0. The molecule has 0 saturated carbocycles. The van der Waals surface area contributed by atoms with Gasteiger partial charge in [0, 0.05) is 25.4 Å². The number of piperidine rings is 1. The van der Waals surface area contributed by atoms with Gasteiger partial charge in [0.25, 0.3) is 11.5 Å². The van der Waals surface area contributed by atoms with Crippen molar-refractivity contribution >= 4 is 17.7 Å². The van der Waals surface area contributed by atoms with Gasteiger partial charge in [-0.15, -0.1) is 0 Å². The fourth-order valence-corrected chi connectivity index (χ4v) is 2.94. The Kier molecular flexibility index (Phi) is 4.94. The number of aryl methyl sites for hydroxylation is 1. The molecule has 1 aromatic heterocycles. The molecule has 1 aliphatic rings. The van der Waals surface area contributed by atoms with E-state index in [4.69, 9.17) is 0 Å². The second-order valence-electron chi connectivity index (χ2n) is 6.20. The van der Waals surface area contributed by atoms with Gasteiger partial charge in [0.2, 0.25) is 0 Å². The van der Waals surface area contributed by atoms with E-state index in [9.17, 15) is 9.59 Å². The molecule has 3 rings (SSSR count). The summed E-state index contributed by atoms with van der Waals surface area (Å²) in [5, 5.41) is 0. The molecule has 24 heavy (non-hydrogen) atoms. The molecule has 1 saturated heterocycles. The number of carbonyl (C=O) groups excluding carboxylic acids is 1. The number of aromatic nitrogens is 1. The van der Waals surface area contributed by atoms with Gasteiger partial charge in [-0.1, -0.05) is 35.9 Å². The summed E-state index contributed by atoms with van der Waals surface area (Å²) in [6.45, 7) is 3.53.